The average molecular weight is 351 g/mol. The Morgan fingerprint density at radius 3 is 2.25 bits per heavy atom. The monoisotopic (exact) mass is 351 g/mol. The quantitative estimate of drug-likeness (QED) is 0.895. The first-order valence-corrected chi connectivity index (χ1v) is 9.04. The number of ether oxygens (including phenoxy) is 1. The summed E-state index contributed by atoms with van der Waals surface area (Å²) in [7, 11) is -2.53. The molecular formula is C18H22FNO3S. The molecule has 0 atom stereocenters. The summed E-state index contributed by atoms with van der Waals surface area (Å²) < 4.78 is 45.7. The minimum absolute atomic E-state index is 0.0347. The van der Waals surface area contributed by atoms with Gasteiger partial charge < -0.3 is 4.74 Å². The van der Waals surface area contributed by atoms with Gasteiger partial charge in [0, 0.05) is 6.54 Å². The van der Waals surface area contributed by atoms with Gasteiger partial charge in [-0.3, -0.25) is 0 Å². The molecule has 2 aromatic carbocycles. The van der Waals surface area contributed by atoms with Crippen LogP contribution in [0.15, 0.2) is 47.4 Å². The predicted octanol–water partition coefficient (Wildman–Crippen LogP) is 3.61. The highest BCUT2D eigenvalue weighted by Gasteiger charge is 2.20. The van der Waals surface area contributed by atoms with Crippen LogP contribution in [0.1, 0.15) is 31.9 Å². The van der Waals surface area contributed by atoms with Gasteiger partial charge in [0.05, 0.1) is 7.11 Å². The molecule has 0 aliphatic heterocycles. The van der Waals surface area contributed by atoms with Gasteiger partial charge in [0.2, 0.25) is 10.0 Å². The fraction of sp³-hybridized carbons (Fsp3) is 0.333. The van der Waals surface area contributed by atoms with Crippen molar-refractivity contribution in [3.8, 4) is 5.75 Å². The highest BCUT2D eigenvalue weighted by molar-refractivity contribution is 7.89. The van der Waals surface area contributed by atoms with E-state index in [0.29, 0.717) is 0 Å². The fourth-order valence-corrected chi connectivity index (χ4v) is 3.44. The van der Waals surface area contributed by atoms with Crippen LogP contribution in [-0.2, 0) is 22.0 Å². The molecule has 0 amide bonds. The van der Waals surface area contributed by atoms with Crippen molar-refractivity contribution in [3.63, 3.8) is 0 Å². The van der Waals surface area contributed by atoms with E-state index < -0.39 is 15.8 Å². The minimum atomic E-state index is -3.88. The maximum absolute atomic E-state index is 13.4. The zero-order valence-corrected chi connectivity index (χ0v) is 15.1. The summed E-state index contributed by atoms with van der Waals surface area (Å²) in [6.45, 7) is 6.45. The van der Waals surface area contributed by atoms with Gasteiger partial charge in [-0.15, -0.1) is 0 Å². The number of hydrogen-bond donors (Lipinski definition) is 1. The molecule has 130 valence electrons. The maximum Gasteiger partial charge on any atom is 0.244 e. The summed E-state index contributed by atoms with van der Waals surface area (Å²) in [5.41, 5.74) is 2.02. The number of hydrogen-bond acceptors (Lipinski definition) is 3. The fourth-order valence-electron chi connectivity index (χ4n) is 2.24. The van der Waals surface area contributed by atoms with Crippen LogP contribution < -0.4 is 9.46 Å². The predicted molar refractivity (Wildman–Crippen MR) is 92.1 cm³/mol. The number of benzene rings is 2. The lowest BCUT2D eigenvalue weighted by Crippen LogP contribution is -2.24. The van der Waals surface area contributed by atoms with E-state index in [0.717, 1.165) is 17.7 Å². The van der Waals surface area contributed by atoms with Crippen molar-refractivity contribution in [2.24, 2.45) is 0 Å². The van der Waals surface area contributed by atoms with E-state index in [4.69, 9.17) is 4.74 Å². The Morgan fingerprint density at radius 2 is 1.71 bits per heavy atom. The van der Waals surface area contributed by atoms with E-state index in [1.54, 1.807) is 0 Å². The van der Waals surface area contributed by atoms with Crippen LogP contribution in [0.3, 0.4) is 0 Å². The summed E-state index contributed by atoms with van der Waals surface area (Å²) in [5.74, 6) is -0.530. The van der Waals surface area contributed by atoms with E-state index in [9.17, 15) is 12.8 Å². The molecule has 0 unspecified atom stereocenters. The van der Waals surface area contributed by atoms with Crippen molar-refractivity contribution in [2.75, 3.05) is 7.11 Å². The minimum Gasteiger partial charge on any atom is -0.495 e. The van der Waals surface area contributed by atoms with Crippen molar-refractivity contribution in [1.82, 2.24) is 4.72 Å². The first-order valence-electron chi connectivity index (χ1n) is 7.56. The molecule has 0 spiro atoms. The molecule has 1 N–H and O–H groups in total. The Labute approximate surface area is 142 Å². The summed E-state index contributed by atoms with van der Waals surface area (Å²) in [6.07, 6.45) is 0. The van der Waals surface area contributed by atoms with Crippen molar-refractivity contribution < 1.29 is 17.5 Å². The molecular weight excluding hydrogens is 329 g/mol. The van der Waals surface area contributed by atoms with Crippen LogP contribution in [0.5, 0.6) is 5.75 Å². The Kier molecular flexibility index (Phi) is 5.30. The van der Waals surface area contributed by atoms with E-state index in [1.807, 2.05) is 24.3 Å². The molecule has 0 saturated carbocycles. The van der Waals surface area contributed by atoms with Crippen molar-refractivity contribution >= 4 is 10.0 Å². The van der Waals surface area contributed by atoms with Crippen LogP contribution in [-0.4, -0.2) is 15.5 Å². The van der Waals surface area contributed by atoms with Gasteiger partial charge >= 0.3 is 0 Å². The first-order chi connectivity index (χ1) is 11.1. The van der Waals surface area contributed by atoms with Crippen molar-refractivity contribution in [2.45, 2.75) is 37.6 Å². The van der Waals surface area contributed by atoms with Gasteiger partial charge in [-0.25, -0.2) is 17.5 Å². The van der Waals surface area contributed by atoms with Gasteiger partial charge in [-0.2, -0.15) is 0 Å². The van der Waals surface area contributed by atoms with Gasteiger partial charge in [0.1, 0.15) is 16.5 Å². The molecule has 0 fully saturated rings. The molecule has 0 aliphatic rings. The number of halogens is 1. The van der Waals surface area contributed by atoms with Crippen molar-refractivity contribution in [3.05, 3.63) is 59.4 Å². The Bertz CT molecular complexity index is 809. The molecule has 6 heteroatoms. The number of rotatable bonds is 5. The van der Waals surface area contributed by atoms with E-state index >= 15 is 0 Å². The highest BCUT2D eigenvalue weighted by atomic mass is 32.2. The van der Waals surface area contributed by atoms with Gasteiger partial charge in [0.15, 0.2) is 0 Å². The summed E-state index contributed by atoms with van der Waals surface area (Å²) >= 11 is 0. The number of methoxy groups -OCH3 is 1. The second-order valence-electron chi connectivity index (χ2n) is 6.57. The van der Waals surface area contributed by atoms with Crippen LogP contribution >= 0.6 is 0 Å². The second kappa shape index (κ2) is 6.91. The third kappa shape index (κ3) is 4.33. The SMILES string of the molecule is COc1ccc(F)cc1S(=O)(=O)NCc1ccc(C(C)(C)C)cc1. The number of nitrogens with one attached hydrogen (secondary N) is 1. The molecule has 4 nitrogen and oxygen atoms in total. The van der Waals surface area contributed by atoms with E-state index in [1.165, 1.54) is 18.7 Å². The van der Waals surface area contributed by atoms with E-state index in [2.05, 4.69) is 25.5 Å². The summed E-state index contributed by atoms with van der Waals surface area (Å²) in [4.78, 5) is -0.212. The average Bonchev–Trinajstić information content (AvgIpc) is 2.52. The Hall–Kier alpha value is -1.92. The molecule has 0 saturated heterocycles. The maximum atomic E-state index is 13.4. The van der Waals surface area contributed by atoms with Crippen LogP contribution in [0.2, 0.25) is 0 Å². The molecule has 24 heavy (non-hydrogen) atoms. The lowest BCUT2D eigenvalue weighted by molar-refractivity contribution is 0.400. The summed E-state index contributed by atoms with van der Waals surface area (Å²) in [5, 5.41) is 0. The van der Waals surface area contributed by atoms with E-state index in [-0.39, 0.29) is 22.6 Å². The molecule has 2 rings (SSSR count). The molecule has 0 bridgehead atoms. The van der Waals surface area contributed by atoms with Crippen LogP contribution in [0.25, 0.3) is 0 Å². The standard InChI is InChI=1S/C18H22FNO3S/c1-18(2,3)14-7-5-13(6-8-14)12-20-24(21,22)17-11-15(19)9-10-16(17)23-4/h5-11,20H,12H2,1-4H3. The zero-order chi connectivity index (χ0) is 18.0. The Morgan fingerprint density at radius 1 is 1.08 bits per heavy atom. The molecule has 2 aromatic rings. The molecule has 0 aromatic heterocycles. The first kappa shape index (κ1) is 18.4. The van der Waals surface area contributed by atoms with Crippen LogP contribution in [0.4, 0.5) is 4.39 Å². The van der Waals surface area contributed by atoms with Gasteiger partial charge in [0.25, 0.3) is 0 Å². The molecule has 0 heterocycles. The Balaban J connectivity index is 2.18. The van der Waals surface area contributed by atoms with Crippen LogP contribution in [0, 0.1) is 5.82 Å². The topological polar surface area (TPSA) is 55.4 Å². The lowest BCUT2D eigenvalue weighted by Gasteiger charge is -2.19. The zero-order valence-electron chi connectivity index (χ0n) is 14.3. The molecule has 0 radical (unpaired) electrons. The normalized spacial score (nSPS) is 12.2. The third-order valence-electron chi connectivity index (χ3n) is 3.70. The second-order valence-corrected chi connectivity index (χ2v) is 8.30. The van der Waals surface area contributed by atoms with Gasteiger partial charge in [-0.05, 0) is 34.7 Å². The van der Waals surface area contributed by atoms with Crippen molar-refractivity contribution in [1.29, 1.82) is 0 Å². The largest absolute Gasteiger partial charge is 0.495 e. The molecule has 0 aliphatic carbocycles. The highest BCUT2D eigenvalue weighted by Crippen LogP contribution is 2.25. The summed E-state index contributed by atoms with van der Waals surface area (Å²) in [6, 6.07) is 11.1. The smallest absolute Gasteiger partial charge is 0.244 e. The number of sulfonamides is 1. The lowest BCUT2D eigenvalue weighted by atomic mass is 9.87. The van der Waals surface area contributed by atoms with Gasteiger partial charge in [-0.1, -0.05) is 45.0 Å². The third-order valence-corrected chi connectivity index (χ3v) is 5.12.